The number of carbonyl (C=O) groups is 1. The lowest BCUT2D eigenvalue weighted by Crippen LogP contribution is -2.52. The van der Waals surface area contributed by atoms with Gasteiger partial charge in [0, 0.05) is 12.6 Å². The smallest absolute Gasteiger partial charge is 0.357 e. The highest BCUT2D eigenvalue weighted by atomic mass is 31.2. The first-order chi connectivity index (χ1) is 7.11. The fraction of sp³-hybridized carbons (Fsp3) is 0.875. The van der Waals surface area contributed by atoms with Gasteiger partial charge < -0.3 is 15.5 Å². The van der Waals surface area contributed by atoms with Crippen LogP contribution in [0.3, 0.4) is 0 Å². The Morgan fingerprint density at radius 1 is 1.50 bits per heavy atom. The van der Waals surface area contributed by atoms with E-state index in [-0.39, 0.29) is 0 Å². The van der Waals surface area contributed by atoms with Crippen LogP contribution in [0, 0.1) is 0 Å². The summed E-state index contributed by atoms with van der Waals surface area (Å²) in [5.41, 5.74) is -0.410. The van der Waals surface area contributed by atoms with Gasteiger partial charge in [0.15, 0.2) is 0 Å². The van der Waals surface area contributed by atoms with Crippen LogP contribution in [-0.4, -0.2) is 40.8 Å². The Morgan fingerprint density at radius 2 is 2.00 bits per heavy atom. The molecule has 0 aromatic rings. The maximum absolute atomic E-state index is 11.4. The summed E-state index contributed by atoms with van der Waals surface area (Å²) in [7, 11) is -2.73. The van der Waals surface area contributed by atoms with E-state index in [2.05, 4.69) is 15.3 Å². The number of amides is 1. The highest BCUT2D eigenvalue weighted by molar-refractivity contribution is 7.52. The highest BCUT2D eigenvalue weighted by Crippen LogP contribution is 2.41. The molecule has 4 N–H and O–H groups in total. The van der Waals surface area contributed by atoms with Crippen molar-refractivity contribution in [3.05, 3.63) is 0 Å². The number of nitrogens with one attached hydrogen (secondary N) is 2. The number of hydrogen-bond acceptors (Lipinski definition) is 5. The van der Waals surface area contributed by atoms with Crippen LogP contribution in [0.1, 0.15) is 20.8 Å². The molecular weight excluding hydrogens is 235 g/mol. The molecule has 8 heteroatoms. The topological polar surface area (TPSA) is 108 Å². The van der Waals surface area contributed by atoms with Crippen LogP contribution in [0.2, 0.25) is 0 Å². The minimum atomic E-state index is -4.15. The van der Waals surface area contributed by atoms with Gasteiger partial charge in [-0.25, -0.2) is 5.26 Å². The van der Waals surface area contributed by atoms with Crippen LogP contribution >= 0.6 is 7.60 Å². The zero-order valence-electron chi connectivity index (χ0n) is 9.85. The van der Waals surface area contributed by atoms with Crippen LogP contribution < -0.4 is 10.6 Å². The van der Waals surface area contributed by atoms with Crippen molar-refractivity contribution in [2.75, 3.05) is 13.2 Å². The molecule has 0 rings (SSSR count). The van der Waals surface area contributed by atoms with Crippen LogP contribution in [0.4, 0.5) is 0 Å². The molecule has 0 aliphatic carbocycles. The SMILES string of the molecule is CNC(=O)C(CP(=O)(O)OO)NC(C)(C)C. The predicted octanol–water partition coefficient (Wildman–Crippen LogP) is 0.164. The van der Waals surface area contributed by atoms with Crippen molar-refractivity contribution in [3.63, 3.8) is 0 Å². The van der Waals surface area contributed by atoms with E-state index in [1.165, 1.54) is 7.05 Å². The molecule has 0 radical (unpaired) electrons. The molecule has 0 heterocycles. The van der Waals surface area contributed by atoms with Crippen molar-refractivity contribution in [3.8, 4) is 0 Å². The summed E-state index contributed by atoms with van der Waals surface area (Å²) in [6.45, 7) is 5.43. The average Bonchev–Trinajstić information content (AvgIpc) is 2.13. The van der Waals surface area contributed by atoms with E-state index in [0.29, 0.717) is 0 Å². The van der Waals surface area contributed by atoms with Gasteiger partial charge in [0.2, 0.25) is 5.91 Å². The van der Waals surface area contributed by atoms with Gasteiger partial charge in [-0.05, 0) is 20.8 Å². The van der Waals surface area contributed by atoms with E-state index in [9.17, 15) is 9.36 Å². The summed E-state index contributed by atoms with van der Waals surface area (Å²) in [5.74, 6) is -0.443. The Labute approximate surface area is 94.6 Å². The van der Waals surface area contributed by atoms with Gasteiger partial charge in [-0.2, -0.15) is 4.67 Å². The van der Waals surface area contributed by atoms with Crippen LogP contribution in [0.15, 0.2) is 0 Å². The van der Waals surface area contributed by atoms with Gasteiger partial charge in [-0.3, -0.25) is 9.36 Å². The third-order valence-corrected chi connectivity index (χ3v) is 2.79. The molecular formula is C8H19N2O5P. The second kappa shape index (κ2) is 5.75. The fourth-order valence-corrected chi connectivity index (χ4v) is 1.94. The van der Waals surface area contributed by atoms with Crippen molar-refractivity contribution >= 4 is 13.5 Å². The summed E-state index contributed by atoms with van der Waals surface area (Å²) >= 11 is 0. The summed E-state index contributed by atoms with van der Waals surface area (Å²) in [4.78, 5) is 20.5. The van der Waals surface area contributed by atoms with E-state index in [1.54, 1.807) is 0 Å². The van der Waals surface area contributed by atoms with Gasteiger partial charge >= 0.3 is 7.60 Å². The standard InChI is InChI=1S/C8H19N2O5P/c1-8(2,3)10-6(7(11)9-4)5-16(13,14)15-12/h6,10,12H,5H2,1-4H3,(H,9,11)(H,13,14). The first-order valence-corrected chi connectivity index (χ1v) is 6.52. The molecule has 1 amide bonds. The quantitative estimate of drug-likeness (QED) is 0.316. The lowest BCUT2D eigenvalue weighted by molar-refractivity contribution is -0.146. The third-order valence-electron chi connectivity index (χ3n) is 1.71. The van der Waals surface area contributed by atoms with E-state index in [1.807, 2.05) is 20.8 Å². The average molecular weight is 254 g/mol. The monoisotopic (exact) mass is 254 g/mol. The molecule has 16 heavy (non-hydrogen) atoms. The van der Waals surface area contributed by atoms with Gasteiger partial charge in [-0.1, -0.05) is 0 Å². The van der Waals surface area contributed by atoms with Crippen molar-refractivity contribution in [2.24, 2.45) is 0 Å². The van der Waals surface area contributed by atoms with Crippen LogP contribution in [0.25, 0.3) is 0 Å². The predicted molar refractivity (Wildman–Crippen MR) is 59.1 cm³/mol. The van der Waals surface area contributed by atoms with Crippen molar-refractivity contribution in [1.82, 2.24) is 10.6 Å². The minimum Gasteiger partial charge on any atom is -0.358 e. The molecule has 0 saturated carbocycles. The Bertz CT molecular complexity index is 289. The molecule has 0 fully saturated rings. The van der Waals surface area contributed by atoms with Gasteiger partial charge in [-0.15, -0.1) is 0 Å². The van der Waals surface area contributed by atoms with Gasteiger partial charge in [0.05, 0.1) is 12.2 Å². The first-order valence-electron chi connectivity index (χ1n) is 4.75. The lowest BCUT2D eigenvalue weighted by atomic mass is 10.1. The first kappa shape index (κ1) is 15.5. The number of rotatable bonds is 5. The van der Waals surface area contributed by atoms with E-state index in [0.717, 1.165) is 0 Å². The Kier molecular flexibility index (Phi) is 5.58. The Hall–Kier alpha value is -0.460. The molecule has 0 aliphatic rings. The zero-order valence-corrected chi connectivity index (χ0v) is 10.7. The van der Waals surface area contributed by atoms with Gasteiger partial charge in [0.25, 0.3) is 0 Å². The van der Waals surface area contributed by atoms with E-state index in [4.69, 9.17) is 10.2 Å². The Morgan fingerprint density at radius 3 is 2.31 bits per heavy atom. The number of likely N-dealkylation sites (N-methyl/N-ethyl adjacent to an activating group) is 1. The molecule has 0 saturated heterocycles. The lowest BCUT2D eigenvalue weighted by Gasteiger charge is -2.27. The van der Waals surface area contributed by atoms with Crippen molar-refractivity contribution < 1.29 is 24.2 Å². The van der Waals surface area contributed by atoms with Gasteiger partial charge in [0.1, 0.15) is 0 Å². The van der Waals surface area contributed by atoms with Crippen LogP contribution in [-0.2, 0) is 14.0 Å². The number of carbonyl (C=O) groups excluding carboxylic acids is 1. The molecule has 7 nitrogen and oxygen atoms in total. The molecule has 2 unspecified atom stereocenters. The zero-order chi connectivity index (χ0) is 13.0. The van der Waals surface area contributed by atoms with Crippen molar-refractivity contribution in [1.29, 1.82) is 0 Å². The normalized spacial score (nSPS) is 17.6. The maximum atomic E-state index is 11.4. The summed E-state index contributed by atoms with van der Waals surface area (Å²) in [5, 5.41) is 13.4. The summed E-state index contributed by atoms with van der Waals surface area (Å²) in [6, 6.07) is -0.909. The second-order valence-electron chi connectivity index (χ2n) is 4.46. The maximum Gasteiger partial charge on any atom is 0.357 e. The van der Waals surface area contributed by atoms with Crippen LogP contribution in [0.5, 0.6) is 0 Å². The second-order valence-corrected chi connectivity index (χ2v) is 6.27. The molecule has 0 aromatic carbocycles. The summed E-state index contributed by atoms with van der Waals surface area (Å²) < 4.78 is 14.6. The number of hydrogen-bond donors (Lipinski definition) is 4. The molecule has 2 atom stereocenters. The fourth-order valence-electron chi connectivity index (χ4n) is 1.16. The largest absolute Gasteiger partial charge is 0.358 e. The third kappa shape index (κ3) is 6.19. The summed E-state index contributed by atoms with van der Waals surface area (Å²) in [6.07, 6.45) is -0.500. The van der Waals surface area contributed by atoms with E-state index >= 15 is 0 Å². The Balaban J connectivity index is 4.70. The van der Waals surface area contributed by atoms with Crippen molar-refractivity contribution in [2.45, 2.75) is 32.4 Å². The highest BCUT2D eigenvalue weighted by Gasteiger charge is 2.32. The molecule has 0 bridgehead atoms. The molecule has 0 aliphatic heterocycles. The van der Waals surface area contributed by atoms with E-state index < -0.39 is 31.2 Å². The molecule has 96 valence electrons. The minimum absolute atomic E-state index is 0.410. The molecule has 0 aromatic heterocycles. The molecule has 0 spiro atoms.